The predicted molar refractivity (Wildman–Crippen MR) is 96.9 cm³/mol. The Morgan fingerprint density at radius 2 is 2.08 bits per heavy atom. The molecular weight excluding hydrogens is 350 g/mol. The van der Waals surface area contributed by atoms with Gasteiger partial charge in [0.25, 0.3) is 5.91 Å². The summed E-state index contributed by atoms with van der Waals surface area (Å²) in [5, 5.41) is 15.1. The van der Waals surface area contributed by atoms with Crippen LogP contribution in [0.15, 0.2) is 46.4 Å². The summed E-state index contributed by atoms with van der Waals surface area (Å²) in [6.45, 7) is 2.32. The molecule has 1 amide bonds. The van der Waals surface area contributed by atoms with E-state index in [0.29, 0.717) is 49.0 Å². The molecule has 1 fully saturated rings. The van der Waals surface area contributed by atoms with E-state index in [1.807, 2.05) is 22.4 Å². The fraction of sp³-hybridized carbons (Fsp3) is 0.222. The summed E-state index contributed by atoms with van der Waals surface area (Å²) < 4.78 is 5.30. The Morgan fingerprint density at radius 3 is 2.81 bits per heavy atom. The van der Waals surface area contributed by atoms with E-state index in [4.69, 9.17) is 4.52 Å². The van der Waals surface area contributed by atoms with Crippen LogP contribution in [0.5, 0.6) is 0 Å². The molecule has 1 saturated heterocycles. The number of anilines is 1. The Kier molecular flexibility index (Phi) is 4.37. The molecule has 1 aliphatic rings. The minimum Gasteiger partial charge on any atom is -0.355 e. The van der Waals surface area contributed by atoms with Gasteiger partial charge in [-0.2, -0.15) is 5.26 Å². The molecule has 0 aromatic carbocycles. The Morgan fingerprint density at radius 1 is 1.23 bits per heavy atom. The van der Waals surface area contributed by atoms with Gasteiger partial charge in [0.15, 0.2) is 11.5 Å². The monoisotopic (exact) mass is 365 g/mol. The van der Waals surface area contributed by atoms with Crippen LogP contribution >= 0.6 is 11.3 Å². The van der Waals surface area contributed by atoms with Crippen molar-refractivity contribution in [2.75, 3.05) is 31.1 Å². The smallest absolute Gasteiger partial charge is 0.276 e. The average molecular weight is 365 g/mol. The van der Waals surface area contributed by atoms with Crippen molar-refractivity contribution in [1.82, 2.24) is 15.0 Å². The molecule has 8 heteroatoms. The van der Waals surface area contributed by atoms with Crippen LogP contribution in [0.1, 0.15) is 16.1 Å². The highest BCUT2D eigenvalue weighted by Gasteiger charge is 2.26. The molecule has 0 spiro atoms. The number of amides is 1. The minimum atomic E-state index is -0.141. The number of piperazine rings is 1. The SMILES string of the molecule is N#Cc1cccnc1N1CCN(C(=O)c2cc(-c3cccs3)on2)CC1. The maximum absolute atomic E-state index is 12.7. The number of thiophene rings is 1. The summed E-state index contributed by atoms with van der Waals surface area (Å²) in [7, 11) is 0. The summed E-state index contributed by atoms with van der Waals surface area (Å²) in [6.07, 6.45) is 1.68. The van der Waals surface area contributed by atoms with Gasteiger partial charge >= 0.3 is 0 Å². The first kappa shape index (κ1) is 16.3. The molecule has 0 radical (unpaired) electrons. The van der Waals surface area contributed by atoms with Crippen molar-refractivity contribution in [3.63, 3.8) is 0 Å². The quantitative estimate of drug-likeness (QED) is 0.709. The van der Waals surface area contributed by atoms with Gasteiger partial charge in [-0.25, -0.2) is 4.98 Å². The van der Waals surface area contributed by atoms with E-state index in [0.717, 1.165) is 4.88 Å². The number of nitrogens with zero attached hydrogens (tertiary/aromatic N) is 5. The van der Waals surface area contributed by atoms with E-state index in [9.17, 15) is 10.1 Å². The number of rotatable bonds is 3. The molecule has 0 bridgehead atoms. The van der Waals surface area contributed by atoms with Crippen molar-refractivity contribution < 1.29 is 9.32 Å². The summed E-state index contributed by atoms with van der Waals surface area (Å²) >= 11 is 1.54. The standard InChI is InChI=1S/C18H15N5O2S/c19-12-13-3-1-5-20-17(13)22-6-8-23(9-7-22)18(24)14-11-15(25-21-14)16-4-2-10-26-16/h1-5,10-11H,6-9H2. The summed E-state index contributed by atoms with van der Waals surface area (Å²) in [5.74, 6) is 1.13. The van der Waals surface area contributed by atoms with Gasteiger partial charge in [0.1, 0.15) is 11.9 Å². The largest absolute Gasteiger partial charge is 0.355 e. The van der Waals surface area contributed by atoms with Crippen molar-refractivity contribution in [3.8, 4) is 16.7 Å². The molecule has 0 aliphatic carbocycles. The molecule has 130 valence electrons. The van der Waals surface area contributed by atoms with Crippen LogP contribution in [0.4, 0.5) is 5.82 Å². The van der Waals surface area contributed by atoms with Crippen LogP contribution in [0, 0.1) is 11.3 Å². The lowest BCUT2D eigenvalue weighted by Gasteiger charge is -2.35. The normalized spacial score (nSPS) is 14.3. The highest BCUT2D eigenvalue weighted by atomic mass is 32.1. The van der Waals surface area contributed by atoms with Crippen molar-refractivity contribution in [1.29, 1.82) is 5.26 Å². The number of hydrogen-bond donors (Lipinski definition) is 0. The molecule has 0 saturated carbocycles. The van der Waals surface area contributed by atoms with Gasteiger partial charge in [0.2, 0.25) is 0 Å². The molecule has 26 heavy (non-hydrogen) atoms. The average Bonchev–Trinajstić information content (AvgIpc) is 3.39. The summed E-state index contributed by atoms with van der Waals surface area (Å²) in [5.41, 5.74) is 0.863. The van der Waals surface area contributed by atoms with E-state index < -0.39 is 0 Å². The molecule has 0 atom stereocenters. The van der Waals surface area contributed by atoms with Crippen molar-refractivity contribution in [3.05, 3.63) is 53.2 Å². The molecule has 1 aliphatic heterocycles. The zero-order valence-electron chi connectivity index (χ0n) is 13.8. The van der Waals surface area contributed by atoms with E-state index in [1.54, 1.807) is 29.3 Å². The number of hydrogen-bond acceptors (Lipinski definition) is 7. The van der Waals surface area contributed by atoms with Crippen LogP contribution in [0.25, 0.3) is 10.6 Å². The van der Waals surface area contributed by atoms with Crippen LogP contribution < -0.4 is 4.90 Å². The third-order valence-corrected chi connectivity index (χ3v) is 5.15. The van der Waals surface area contributed by atoms with Crippen molar-refractivity contribution >= 4 is 23.1 Å². The number of aromatic nitrogens is 2. The first-order valence-corrected chi connectivity index (χ1v) is 9.04. The molecule has 0 N–H and O–H groups in total. The maximum Gasteiger partial charge on any atom is 0.276 e. The number of carbonyl (C=O) groups is 1. The predicted octanol–water partition coefficient (Wildman–Crippen LogP) is 2.63. The van der Waals surface area contributed by atoms with Crippen LogP contribution in [0.2, 0.25) is 0 Å². The first-order chi connectivity index (χ1) is 12.8. The zero-order chi connectivity index (χ0) is 17.9. The topological polar surface area (TPSA) is 86.3 Å². The second-order valence-electron chi connectivity index (χ2n) is 5.82. The lowest BCUT2D eigenvalue weighted by Crippen LogP contribution is -2.49. The summed E-state index contributed by atoms with van der Waals surface area (Å²) in [6, 6.07) is 11.2. The first-order valence-electron chi connectivity index (χ1n) is 8.16. The second-order valence-corrected chi connectivity index (χ2v) is 6.77. The molecule has 0 unspecified atom stereocenters. The van der Waals surface area contributed by atoms with Crippen molar-refractivity contribution in [2.45, 2.75) is 0 Å². The van der Waals surface area contributed by atoms with E-state index >= 15 is 0 Å². The highest BCUT2D eigenvalue weighted by Crippen LogP contribution is 2.26. The van der Waals surface area contributed by atoms with Crippen LogP contribution in [0.3, 0.4) is 0 Å². The third-order valence-electron chi connectivity index (χ3n) is 4.27. The van der Waals surface area contributed by atoms with Gasteiger partial charge in [0.05, 0.1) is 10.4 Å². The Hall–Kier alpha value is -3.18. The van der Waals surface area contributed by atoms with E-state index in [2.05, 4.69) is 16.2 Å². The Balaban J connectivity index is 1.43. The molecule has 3 aromatic heterocycles. The summed E-state index contributed by atoms with van der Waals surface area (Å²) in [4.78, 5) is 21.7. The minimum absolute atomic E-state index is 0.141. The van der Waals surface area contributed by atoms with Gasteiger partial charge in [0, 0.05) is 38.4 Å². The lowest BCUT2D eigenvalue weighted by atomic mass is 10.2. The van der Waals surface area contributed by atoms with Crippen LogP contribution in [-0.4, -0.2) is 47.1 Å². The molecule has 7 nitrogen and oxygen atoms in total. The van der Waals surface area contributed by atoms with Gasteiger partial charge in [-0.15, -0.1) is 11.3 Å². The number of carbonyl (C=O) groups excluding carboxylic acids is 1. The zero-order valence-corrected chi connectivity index (χ0v) is 14.6. The molecule has 4 heterocycles. The Bertz CT molecular complexity index is 952. The number of pyridine rings is 1. The number of nitriles is 1. The van der Waals surface area contributed by atoms with Gasteiger partial charge in [-0.1, -0.05) is 11.2 Å². The van der Waals surface area contributed by atoms with Crippen LogP contribution in [-0.2, 0) is 0 Å². The van der Waals surface area contributed by atoms with Crippen molar-refractivity contribution in [2.24, 2.45) is 0 Å². The van der Waals surface area contributed by atoms with Gasteiger partial charge < -0.3 is 14.3 Å². The molecule has 3 aromatic rings. The maximum atomic E-state index is 12.7. The van der Waals surface area contributed by atoms with Gasteiger partial charge in [-0.05, 0) is 23.6 Å². The van der Waals surface area contributed by atoms with Gasteiger partial charge in [-0.3, -0.25) is 4.79 Å². The lowest BCUT2D eigenvalue weighted by molar-refractivity contribution is 0.0736. The van der Waals surface area contributed by atoms with E-state index in [-0.39, 0.29) is 5.91 Å². The second kappa shape index (κ2) is 6.98. The third kappa shape index (κ3) is 3.05. The fourth-order valence-corrected chi connectivity index (χ4v) is 3.60. The molecule has 4 rings (SSSR count). The Labute approximate surface area is 154 Å². The van der Waals surface area contributed by atoms with E-state index in [1.165, 1.54) is 11.3 Å². The highest BCUT2D eigenvalue weighted by molar-refractivity contribution is 7.13. The molecular formula is C18H15N5O2S. The fourth-order valence-electron chi connectivity index (χ4n) is 2.93.